The molecule has 3 nitrogen and oxygen atoms in total. The molecule has 0 aliphatic carbocycles. The third-order valence-electron chi connectivity index (χ3n) is 1.28. The van der Waals surface area contributed by atoms with Crippen molar-refractivity contribution in [3.8, 4) is 0 Å². The number of halogens is 3. The molecule has 1 heterocycles. The molecule has 1 aromatic heterocycles. The predicted molar refractivity (Wildman–Crippen MR) is 35.5 cm³/mol. The fourth-order valence-electron chi connectivity index (χ4n) is 0.770. The molecule has 62 valence electrons. The Morgan fingerprint density at radius 2 is 2.27 bits per heavy atom. The van der Waals surface area contributed by atoms with E-state index in [0.29, 0.717) is 0 Å². The first-order valence-electron chi connectivity index (χ1n) is 2.89. The average molecular weight is 182 g/mol. The highest BCUT2D eigenvalue weighted by Gasteiger charge is 2.18. The lowest BCUT2D eigenvalue weighted by Crippen LogP contribution is -1.99. The van der Waals surface area contributed by atoms with Crippen LogP contribution in [0.25, 0.3) is 0 Å². The van der Waals surface area contributed by atoms with Crippen LogP contribution in [-0.4, -0.2) is 15.0 Å². The van der Waals surface area contributed by atoms with Gasteiger partial charge in [-0.2, -0.15) is 0 Å². The van der Waals surface area contributed by atoms with E-state index in [1.54, 1.807) is 0 Å². The first-order valence-corrected chi connectivity index (χ1v) is 3.42. The van der Waals surface area contributed by atoms with Crippen molar-refractivity contribution in [2.45, 2.75) is 12.3 Å². The maximum absolute atomic E-state index is 12.1. The summed E-state index contributed by atoms with van der Waals surface area (Å²) in [6, 6.07) is 0. The summed E-state index contributed by atoms with van der Waals surface area (Å²) in [4.78, 5) is 0. The predicted octanol–water partition coefficient (Wildman–Crippen LogP) is 1.49. The SMILES string of the molecule is Cn1nnc(CCl)c1C(F)F. The van der Waals surface area contributed by atoms with Crippen LogP contribution >= 0.6 is 11.6 Å². The molecule has 0 unspecified atom stereocenters. The fourth-order valence-corrected chi connectivity index (χ4v) is 0.960. The van der Waals surface area contributed by atoms with Crippen molar-refractivity contribution in [1.82, 2.24) is 15.0 Å². The van der Waals surface area contributed by atoms with Gasteiger partial charge in [0.1, 0.15) is 11.4 Å². The smallest absolute Gasteiger partial charge is 0.246 e. The Balaban J connectivity index is 3.07. The number of alkyl halides is 3. The van der Waals surface area contributed by atoms with Gasteiger partial charge in [0.05, 0.1) is 5.88 Å². The van der Waals surface area contributed by atoms with E-state index in [1.807, 2.05) is 0 Å². The molecule has 0 saturated heterocycles. The van der Waals surface area contributed by atoms with Gasteiger partial charge in [-0.3, -0.25) is 0 Å². The molecule has 0 radical (unpaired) electrons. The summed E-state index contributed by atoms with van der Waals surface area (Å²) in [7, 11) is 1.41. The van der Waals surface area contributed by atoms with Gasteiger partial charge in [0.15, 0.2) is 0 Å². The van der Waals surface area contributed by atoms with E-state index < -0.39 is 6.43 Å². The minimum atomic E-state index is -2.57. The van der Waals surface area contributed by atoms with Gasteiger partial charge in [-0.15, -0.1) is 16.7 Å². The van der Waals surface area contributed by atoms with Crippen molar-refractivity contribution in [2.75, 3.05) is 0 Å². The molecule has 0 N–H and O–H groups in total. The van der Waals surface area contributed by atoms with E-state index in [2.05, 4.69) is 10.3 Å². The van der Waals surface area contributed by atoms with Gasteiger partial charge in [0.2, 0.25) is 0 Å². The molecule has 0 fully saturated rings. The number of hydrogen-bond acceptors (Lipinski definition) is 2. The van der Waals surface area contributed by atoms with Crippen LogP contribution in [0.1, 0.15) is 17.8 Å². The normalized spacial score (nSPS) is 11.0. The lowest BCUT2D eigenvalue weighted by atomic mass is 10.3. The van der Waals surface area contributed by atoms with Gasteiger partial charge in [-0.25, -0.2) is 13.5 Å². The molecular formula is C5H6ClF2N3. The third-order valence-corrected chi connectivity index (χ3v) is 1.53. The maximum atomic E-state index is 12.1. The van der Waals surface area contributed by atoms with Gasteiger partial charge in [0.25, 0.3) is 6.43 Å². The lowest BCUT2D eigenvalue weighted by Gasteiger charge is -1.98. The first kappa shape index (κ1) is 8.39. The molecule has 0 amide bonds. The largest absolute Gasteiger partial charge is 0.281 e. The standard InChI is InChI=1S/C5H6ClF2N3/c1-11-4(5(7)8)3(2-6)9-10-11/h5H,2H2,1H3. The Morgan fingerprint density at radius 1 is 1.64 bits per heavy atom. The number of rotatable bonds is 2. The summed E-state index contributed by atoms with van der Waals surface area (Å²) in [5, 5.41) is 6.87. The summed E-state index contributed by atoms with van der Waals surface area (Å²) in [5.41, 5.74) is -0.0656. The molecule has 1 rings (SSSR count). The topological polar surface area (TPSA) is 30.7 Å². The van der Waals surface area contributed by atoms with Gasteiger partial charge in [-0.05, 0) is 0 Å². The molecule has 0 spiro atoms. The van der Waals surface area contributed by atoms with Crippen LogP contribution in [0, 0.1) is 0 Å². The van der Waals surface area contributed by atoms with E-state index in [4.69, 9.17) is 11.6 Å². The van der Waals surface area contributed by atoms with E-state index >= 15 is 0 Å². The monoisotopic (exact) mass is 181 g/mol. The molecule has 11 heavy (non-hydrogen) atoms. The highest BCUT2D eigenvalue weighted by molar-refractivity contribution is 6.16. The van der Waals surface area contributed by atoms with Crippen molar-refractivity contribution in [3.05, 3.63) is 11.4 Å². The zero-order valence-corrected chi connectivity index (χ0v) is 6.52. The van der Waals surface area contributed by atoms with Gasteiger partial charge in [0, 0.05) is 7.05 Å². The number of aryl methyl sites for hydroxylation is 1. The van der Waals surface area contributed by atoms with E-state index in [0.717, 1.165) is 4.68 Å². The van der Waals surface area contributed by atoms with Crippen LogP contribution in [-0.2, 0) is 12.9 Å². The molecule has 0 aliphatic heterocycles. The molecule has 0 bridgehead atoms. The Morgan fingerprint density at radius 3 is 2.64 bits per heavy atom. The quantitative estimate of drug-likeness (QED) is 0.648. The molecular weight excluding hydrogens is 176 g/mol. The van der Waals surface area contributed by atoms with E-state index in [9.17, 15) is 8.78 Å². The first-order chi connectivity index (χ1) is 5.16. The molecule has 1 aromatic rings. The maximum Gasteiger partial charge on any atom is 0.281 e. The van der Waals surface area contributed by atoms with Gasteiger partial charge in [-0.1, -0.05) is 5.21 Å². The number of nitrogens with zero attached hydrogens (tertiary/aromatic N) is 3. The molecule has 0 aliphatic rings. The lowest BCUT2D eigenvalue weighted by molar-refractivity contribution is 0.140. The third kappa shape index (κ3) is 1.48. The number of hydrogen-bond donors (Lipinski definition) is 0. The Bertz CT molecular complexity index is 248. The highest BCUT2D eigenvalue weighted by atomic mass is 35.5. The second-order valence-electron chi connectivity index (χ2n) is 1.98. The van der Waals surface area contributed by atoms with Gasteiger partial charge < -0.3 is 0 Å². The number of aromatic nitrogens is 3. The Hall–Kier alpha value is -0.710. The Labute approximate surface area is 67.0 Å². The van der Waals surface area contributed by atoms with E-state index in [-0.39, 0.29) is 17.3 Å². The molecule has 6 heteroatoms. The Kier molecular flexibility index (Phi) is 2.38. The fraction of sp³-hybridized carbons (Fsp3) is 0.600. The second-order valence-corrected chi connectivity index (χ2v) is 2.25. The van der Waals surface area contributed by atoms with Crippen LogP contribution in [0.2, 0.25) is 0 Å². The van der Waals surface area contributed by atoms with Crippen molar-refractivity contribution in [1.29, 1.82) is 0 Å². The van der Waals surface area contributed by atoms with Crippen LogP contribution in [0.4, 0.5) is 8.78 Å². The zero-order chi connectivity index (χ0) is 8.43. The van der Waals surface area contributed by atoms with Crippen LogP contribution in [0.5, 0.6) is 0 Å². The minimum absolute atomic E-state index is 0.0342. The minimum Gasteiger partial charge on any atom is -0.246 e. The van der Waals surface area contributed by atoms with Crippen LogP contribution in [0.15, 0.2) is 0 Å². The summed E-state index contributed by atoms with van der Waals surface area (Å²) in [6.07, 6.45) is -2.57. The highest BCUT2D eigenvalue weighted by Crippen LogP contribution is 2.21. The van der Waals surface area contributed by atoms with Gasteiger partial charge >= 0.3 is 0 Å². The van der Waals surface area contributed by atoms with Crippen molar-refractivity contribution in [2.24, 2.45) is 7.05 Å². The average Bonchev–Trinajstić information content (AvgIpc) is 2.30. The van der Waals surface area contributed by atoms with Crippen LogP contribution < -0.4 is 0 Å². The molecule has 0 atom stereocenters. The summed E-state index contributed by atoms with van der Waals surface area (Å²) in [6.45, 7) is 0. The zero-order valence-electron chi connectivity index (χ0n) is 5.76. The van der Waals surface area contributed by atoms with E-state index in [1.165, 1.54) is 7.05 Å². The summed E-state index contributed by atoms with van der Waals surface area (Å²) >= 11 is 5.34. The molecule has 0 saturated carbocycles. The van der Waals surface area contributed by atoms with Crippen molar-refractivity contribution < 1.29 is 8.78 Å². The summed E-state index contributed by atoms with van der Waals surface area (Å²) in [5.74, 6) is -0.0342. The summed E-state index contributed by atoms with van der Waals surface area (Å²) < 4.78 is 25.3. The van der Waals surface area contributed by atoms with Crippen molar-refractivity contribution in [3.63, 3.8) is 0 Å². The van der Waals surface area contributed by atoms with Crippen LogP contribution in [0.3, 0.4) is 0 Å². The second kappa shape index (κ2) is 3.13. The van der Waals surface area contributed by atoms with Crippen molar-refractivity contribution >= 4 is 11.6 Å². The molecule has 0 aromatic carbocycles.